The molecule has 0 saturated heterocycles. The van der Waals surface area contributed by atoms with Crippen LogP contribution in [0.1, 0.15) is 6.92 Å². The van der Waals surface area contributed by atoms with E-state index >= 15 is 0 Å². The van der Waals surface area contributed by atoms with Crippen molar-refractivity contribution in [1.82, 2.24) is 5.32 Å². The first-order chi connectivity index (χ1) is 8.15. The molecular weight excluding hydrogens is 220 g/mol. The minimum absolute atomic E-state index is 0.0172. The van der Waals surface area contributed by atoms with E-state index in [4.69, 9.17) is 15.2 Å². The standard InChI is InChI=1S/C12H18N2O3/c1-9(7-13)14-12(15)8-17-11-5-3-10(16-2)4-6-11/h3-6,9H,7-8,13H2,1-2H3,(H,14,15). The van der Waals surface area contributed by atoms with E-state index in [9.17, 15) is 4.79 Å². The van der Waals surface area contributed by atoms with Crippen LogP contribution in [0.15, 0.2) is 24.3 Å². The summed E-state index contributed by atoms with van der Waals surface area (Å²) in [6, 6.07) is 7.00. The molecule has 0 aliphatic heterocycles. The number of hydrogen-bond acceptors (Lipinski definition) is 4. The Bertz CT molecular complexity index is 351. The number of rotatable bonds is 6. The van der Waals surface area contributed by atoms with Crippen molar-refractivity contribution in [2.75, 3.05) is 20.3 Å². The van der Waals surface area contributed by atoms with Gasteiger partial charge in [-0.2, -0.15) is 0 Å². The number of amides is 1. The molecule has 0 saturated carbocycles. The number of benzene rings is 1. The van der Waals surface area contributed by atoms with Crippen LogP contribution in [-0.2, 0) is 4.79 Å². The molecule has 5 heteroatoms. The molecule has 0 heterocycles. The molecule has 0 bridgehead atoms. The van der Waals surface area contributed by atoms with Crippen LogP contribution in [0.25, 0.3) is 0 Å². The quantitative estimate of drug-likeness (QED) is 0.758. The van der Waals surface area contributed by atoms with Crippen molar-refractivity contribution in [3.63, 3.8) is 0 Å². The smallest absolute Gasteiger partial charge is 0.258 e. The maximum Gasteiger partial charge on any atom is 0.258 e. The maximum atomic E-state index is 11.4. The van der Waals surface area contributed by atoms with Gasteiger partial charge >= 0.3 is 0 Å². The van der Waals surface area contributed by atoms with Crippen molar-refractivity contribution in [1.29, 1.82) is 0 Å². The SMILES string of the molecule is COc1ccc(OCC(=O)NC(C)CN)cc1. The van der Waals surface area contributed by atoms with Crippen molar-refractivity contribution in [2.45, 2.75) is 13.0 Å². The molecule has 5 nitrogen and oxygen atoms in total. The lowest BCUT2D eigenvalue weighted by Gasteiger charge is -2.12. The molecule has 94 valence electrons. The van der Waals surface area contributed by atoms with Gasteiger partial charge in [0.1, 0.15) is 11.5 Å². The third-order valence-corrected chi connectivity index (χ3v) is 2.19. The summed E-state index contributed by atoms with van der Waals surface area (Å²) in [7, 11) is 1.59. The van der Waals surface area contributed by atoms with Gasteiger partial charge < -0.3 is 20.5 Å². The van der Waals surface area contributed by atoms with Gasteiger partial charge in [0.25, 0.3) is 5.91 Å². The molecule has 0 spiro atoms. The molecule has 3 N–H and O–H groups in total. The van der Waals surface area contributed by atoms with E-state index in [0.717, 1.165) is 5.75 Å². The van der Waals surface area contributed by atoms with E-state index in [-0.39, 0.29) is 18.6 Å². The Balaban J connectivity index is 2.36. The van der Waals surface area contributed by atoms with Gasteiger partial charge in [-0.15, -0.1) is 0 Å². The average molecular weight is 238 g/mol. The number of nitrogens with two attached hydrogens (primary N) is 1. The first-order valence-electron chi connectivity index (χ1n) is 5.42. The third-order valence-electron chi connectivity index (χ3n) is 2.19. The van der Waals surface area contributed by atoms with E-state index in [0.29, 0.717) is 12.3 Å². The van der Waals surface area contributed by atoms with Crippen LogP contribution in [0, 0.1) is 0 Å². The summed E-state index contributed by atoms with van der Waals surface area (Å²) in [6.07, 6.45) is 0. The zero-order valence-corrected chi connectivity index (χ0v) is 10.1. The molecule has 1 rings (SSSR count). The maximum absolute atomic E-state index is 11.4. The second-order valence-corrected chi connectivity index (χ2v) is 3.67. The molecule has 0 aromatic heterocycles. The number of ether oxygens (including phenoxy) is 2. The lowest BCUT2D eigenvalue weighted by molar-refractivity contribution is -0.123. The Morgan fingerprint density at radius 1 is 1.35 bits per heavy atom. The zero-order chi connectivity index (χ0) is 12.7. The van der Waals surface area contributed by atoms with Gasteiger partial charge in [-0.1, -0.05) is 0 Å². The van der Waals surface area contributed by atoms with Gasteiger partial charge in [0.05, 0.1) is 7.11 Å². The van der Waals surface area contributed by atoms with Crippen molar-refractivity contribution >= 4 is 5.91 Å². The van der Waals surface area contributed by atoms with Crippen molar-refractivity contribution in [2.24, 2.45) is 5.73 Å². The normalized spacial score (nSPS) is 11.7. The van der Waals surface area contributed by atoms with Crippen LogP contribution in [-0.4, -0.2) is 32.2 Å². The highest BCUT2D eigenvalue weighted by molar-refractivity contribution is 5.77. The number of nitrogens with one attached hydrogen (secondary N) is 1. The molecule has 1 amide bonds. The summed E-state index contributed by atoms with van der Waals surface area (Å²) < 4.78 is 10.3. The zero-order valence-electron chi connectivity index (χ0n) is 10.1. The molecular formula is C12H18N2O3. The third kappa shape index (κ3) is 4.74. The van der Waals surface area contributed by atoms with E-state index in [1.807, 2.05) is 6.92 Å². The number of methoxy groups -OCH3 is 1. The van der Waals surface area contributed by atoms with Gasteiger partial charge in [0, 0.05) is 12.6 Å². The molecule has 0 fully saturated rings. The highest BCUT2D eigenvalue weighted by Crippen LogP contribution is 2.16. The van der Waals surface area contributed by atoms with Crippen LogP contribution >= 0.6 is 0 Å². The van der Waals surface area contributed by atoms with E-state index in [1.165, 1.54) is 0 Å². The molecule has 17 heavy (non-hydrogen) atoms. The minimum atomic E-state index is -0.182. The molecule has 1 unspecified atom stereocenters. The highest BCUT2D eigenvalue weighted by atomic mass is 16.5. The van der Waals surface area contributed by atoms with Crippen molar-refractivity contribution in [3.05, 3.63) is 24.3 Å². The van der Waals surface area contributed by atoms with E-state index in [2.05, 4.69) is 5.32 Å². The van der Waals surface area contributed by atoms with E-state index < -0.39 is 0 Å². The second-order valence-electron chi connectivity index (χ2n) is 3.67. The monoisotopic (exact) mass is 238 g/mol. The Hall–Kier alpha value is -1.75. The first kappa shape index (κ1) is 13.3. The summed E-state index contributed by atoms with van der Waals surface area (Å²) in [5.74, 6) is 1.19. The predicted octanol–water partition coefficient (Wildman–Crippen LogP) is 0.537. The van der Waals surface area contributed by atoms with Crippen LogP contribution in [0.5, 0.6) is 11.5 Å². The molecule has 0 aliphatic carbocycles. The van der Waals surface area contributed by atoms with Gasteiger partial charge in [-0.05, 0) is 31.2 Å². The topological polar surface area (TPSA) is 73.6 Å². The average Bonchev–Trinajstić information content (AvgIpc) is 2.36. The molecule has 1 aromatic carbocycles. The Labute approximate surface area is 101 Å². The highest BCUT2D eigenvalue weighted by Gasteiger charge is 2.06. The van der Waals surface area contributed by atoms with Gasteiger partial charge in [-0.3, -0.25) is 4.79 Å². The lowest BCUT2D eigenvalue weighted by Crippen LogP contribution is -2.40. The Morgan fingerprint density at radius 2 is 1.94 bits per heavy atom. The van der Waals surface area contributed by atoms with Gasteiger partial charge in [-0.25, -0.2) is 0 Å². The summed E-state index contributed by atoms with van der Waals surface area (Å²) >= 11 is 0. The Morgan fingerprint density at radius 3 is 2.47 bits per heavy atom. The Kier molecular flexibility index (Phi) is 5.29. The fourth-order valence-corrected chi connectivity index (χ4v) is 1.20. The van der Waals surface area contributed by atoms with Gasteiger partial charge in [0.2, 0.25) is 0 Å². The largest absolute Gasteiger partial charge is 0.497 e. The molecule has 1 aromatic rings. The fraction of sp³-hybridized carbons (Fsp3) is 0.417. The number of carbonyl (C=O) groups excluding carboxylic acids is 1. The van der Waals surface area contributed by atoms with Crippen LogP contribution in [0.3, 0.4) is 0 Å². The second kappa shape index (κ2) is 6.75. The van der Waals surface area contributed by atoms with Crippen LogP contribution in [0.4, 0.5) is 0 Å². The fourth-order valence-electron chi connectivity index (χ4n) is 1.20. The van der Waals surface area contributed by atoms with Crippen LogP contribution < -0.4 is 20.5 Å². The summed E-state index contributed by atoms with van der Waals surface area (Å²) in [5.41, 5.74) is 5.39. The number of carbonyl (C=O) groups is 1. The molecule has 1 atom stereocenters. The van der Waals surface area contributed by atoms with Crippen LogP contribution in [0.2, 0.25) is 0 Å². The summed E-state index contributed by atoms with van der Waals surface area (Å²) in [5, 5.41) is 2.71. The first-order valence-corrected chi connectivity index (χ1v) is 5.42. The van der Waals surface area contributed by atoms with Crippen molar-refractivity contribution in [3.8, 4) is 11.5 Å². The summed E-state index contributed by atoms with van der Waals surface area (Å²) in [6.45, 7) is 2.23. The van der Waals surface area contributed by atoms with E-state index in [1.54, 1.807) is 31.4 Å². The minimum Gasteiger partial charge on any atom is -0.497 e. The number of hydrogen-bond donors (Lipinski definition) is 2. The molecule has 0 radical (unpaired) electrons. The van der Waals surface area contributed by atoms with Crippen molar-refractivity contribution < 1.29 is 14.3 Å². The van der Waals surface area contributed by atoms with Gasteiger partial charge in [0.15, 0.2) is 6.61 Å². The lowest BCUT2D eigenvalue weighted by atomic mass is 10.3. The predicted molar refractivity (Wildman–Crippen MR) is 65.1 cm³/mol. The summed E-state index contributed by atoms with van der Waals surface area (Å²) in [4.78, 5) is 11.4. The molecule has 0 aliphatic rings.